The van der Waals surface area contributed by atoms with Crippen molar-refractivity contribution in [3.05, 3.63) is 24.3 Å². The number of nitrogens with one attached hydrogen (secondary N) is 1. The van der Waals surface area contributed by atoms with E-state index in [1.165, 1.54) is 10.7 Å². The van der Waals surface area contributed by atoms with Crippen molar-refractivity contribution in [1.29, 1.82) is 0 Å². The summed E-state index contributed by atoms with van der Waals surface area (Å²) in [5, 5.41) is 3.51. The summed E-state index contributed by atoms with van der Waals surface area (Å²) in [6.45, 7) is 6.84. The Hall–Kier alpha value is -1.07. The fourth-order valence-corrected chi connectivity index (χ4v) is 4.21. The van der Waals surface area contributed by atoms with Crippen LogP contribution in [0.4, 0.5) is 5.69 Å². The molecule has 21 heavy (non-hydrogen) atoms. The van der Waals surface area contributed by atoms with Gasteiger partial charge in [-0.05, 0) is 42.4 Å². The van der Waals surface area contributed by atoms with Crippen molar-refractivity contribution < 1.29 is 8.42 Å². The van der Waals surface area contributed by atoms with Crippen molar-refractivity contribution in [1.82, 2.24) is 4.31 Å². The molecular formula is C16H26N2O2S. The Labute approximate surface area is 128 Å². The first kappa shape index (κ1) is 16.3. The van der Waals surface area contributed by atoms with E-state index < -0.39 is 10.0 Å². The Morgan fingerprint density at radius 2 is 1.90 bits per heavy atom. The third-order valence-electron chi connectivity index (χ3n) is 4.30. The smallest absolute Gasteiger partial charge is 0.242 e. The average Bonchev–Trinajstić information content (AvgIpc) is 2.62. The molecule has 2 unspecified atom stereocenters. The van der Waals surface area contributed by atoms with Gasteiger partial charge in [0.25, 0.3) is 0 Å². The molecule has 1 N–H and O–H groups in total. The Kier molecular flexibility index (Phi) is 4.36. The molecule has 0 aromatic heterocycles. The number of nitrogens with zero attached hydrogens (tertiary/aromatic N) is 1. The van der Waals surface area contributed by atoms with Gasteiger partial charge in [0.15, 0.2) is 0 Å². The highest BCUT2D eigenvalue weighted by atomic mass is 32.2. The lowest BCUT2D eigenvalue weighted by atomic mass is 9.91. The average molecular weight is 310 g/mol. The zero-order valence-electron chi connectivity index (χ0n) is 13.6. The highest BCUT2D eigenvalue weighted by Gasteiger charge is 2.36. The van der Waals surface area contributed by atoms with Crippen LogP contribution in [0.3, 0.4) is 0 Å². The van der Waals surface area contributed by atoms with Gasteiger partial charge in [0.2, 0.25) is 10.0 Å². The summed E-state index contributed by atoms with van der Waals surface area (Å²) in [6.07, 6.45) is 2.30. The van der Waals surface area contributed by atoms with Gasteiger partial charge < -0.3 is 5.32 Å². The van der Waals surface area contributed by atoms with Gasteiger partial charge in [0, 0.05) is 25.8 Å². The summed E-state index contributed by atoms with van der Waals surface area (Å²) in [5.74, 6) is 0.592. The van der Waals surface area contributed by atoms with Gasteiger partial charge in [-0.3, -0.25) is 0 Å². The molecule has 5 heteroatoms. The Balaban J connectivity index is 2.20. The molecule has 0 aliphatic heterocycles. The van der Waals surface area contributed by atoms with Crippen LogP contribution in [0.25, 0.3) is 0 Å². The molecule has 1 fully saturated rings. The molecule has 2 atom stereocenters. The van der Waals surface area contributed by atoms with Gasteiger partial charge in [-0.25, -0.2) is 12.7 Å². The number of hydrogen-bond acceptors (Lipinski definition) is 3. The summed E-state index contributed by atoms with van der Waals surface area (Å²) in [4.78, 5) is 0.336. The van der Waals surface area contributed by atoms with Gasteiger partial charge in [-0.1, -0.05) is 26.8 Å². The first-order valence-corrected chi connectivity index (χ1v) is 8.85. The minimum atomic E-state index is -3.38. The third-order valence-corrected chi connectivity index (χ3v) is 6.11. The van der Waals surface area contributed by atoms with E-state index in [9.17, 15) is 8.42 Å². The summed E-state index contributed by atoms with van der Waals surface area (Å²) in [5.41, 5.74) is 1.23. The van der Waals surface area contributed by atoms with E-state index in [-0.39, 0.29) is 0 Å². The number of anilines is 1. The largest absolute Gasteiger partial charge is 0.382 e. The molecule has 2 rings (SSSR count). The van der Waals surface area contributed by atoms with Crippen molar-refractivity contribution in [2.45, 2.75) is 44.6 Å². The maximum Gasteiger partial charge on any atom is 0.242 e. The molecule has 118 valence electrons. The maximum absolute atomic E-state index is 12.2. The van der Waals surface area contributed by atoms with Crippen LogP contribution >= 0.6 is 0 Å². The predicted octanol–water partition coefficient (Wildman–Crippen LogP) is 3.17. The monoisotopic (exact) mass is 310 g/mol. The van der Waals surface area contributed by atoms with Crippen LogP contribution in [0.1, 0.15) is 33.6 Å². The quantitative estimate of drug-likeness (QED) is 0.929. The zero-order chi connectivity index (χ0) is 15.8. The first-order chi connectivity index (χ1) is 9.62. The van der Waals surface area contributed by atoms with E-state index >= 15 is 0 Å². The minimum absolute atomic E-state index is 0.336. The summed E-state index contributed by atoms with van der Waals surface area (Å²) < 4.78 is 25.6. The van der Waals surface area contributed by atoms with Gasteiger partial charge >= 0.3 is 0 Å². The second-order valence-corrected chi connectivity index (χ2v) is 9.27. The van der Waals surface area contributed by atoms with Crippen LogP contribution < -0.4 is 5.32 Å². The first-order valence-electron chi connectivity index (χ1n) is 7.41. The van der Waals surface area contributed by atoms with Crippen molar-refractivity contribution in [2.24, 2.45) is 11.3 Å². The highest BCUT2D eigenvalue weighted by molar-refractivity contribution is 7.89. The molecule has 0 bridgehead atoms. The van der Waals surface area contributed by atoms with E-state index in [2.05, 4.69) is 26.1 Å². The van der Waals surface area contributed by atoms with Crippen LogP contribution in [-0.4, -0.2) is 32.9 Å². The molecule has 0 heterocycles. The Morgan fingerprint density at radius 3 is 2.43 bits per heavy atom. The standard InChI is InChI=1S/C16H26N2O2S/c1-12-10-16(2,3)11-15(12)17-13-7-6-8-14(9-13)21(19,20)18(4)5/h6-9,12,15,17H,10-11H2,1-5H3. The molecular weight excluding hydrogens is 284 g/mol. The number of sulfonamides is 1. The molecule has 0 spiro atoms. The lowest BCUT2D eigenvalue weighted by molar-refractivity contribution is 0.366. The number of hydrogen-bond donors (Lipinski definition) is 1. The van der Waals surface area contributed by atoms with E-state index in [0.717, 1.165) is 12.1 Å². The fourth-order valence-electron chi connectivity index (χ4n) is 3.26. The predicted molar refractivity (Wildman–Crippen MR) is 86.9 cm³/mol. The summed E-state index contributed by atoms with van der Waals surface area (Å²) in [6, 6.07) is 7.50. The lowest BCUT2D eigenvalue weighted by Gasteiger charge is -2.20. The van der Waals surface area contributed by atoms with E-state index in [4.69, 9.17) is 0 Å². The molecule has 1 aliphatic rings. The van der Waals surface area contributed by atoms with Crippen molar-refractivity contribution in [3.8, 4) is 0 Å². The molecule has 1 aliphatic carbocycles. The third kappa shape index (κ3) is 3.58. The summed E-state index contributed by atoms with van der Waals surface area (Å²) in [7, 11) is -0.271. The van der Waals surface area contributed by atoms with Crippen molar-refractivity contribution in [2.75, 3.05) is 19.4 Å². The number of rotatable bonds is 4. The Morgan fingerprint density at radius 1 is 1.24 bits per heavy atom. The van der Waals surface area contributed by atoms with Gasteiger partial charge in [-0.15, -0.1) is 0 Å². The van der Waals surface area contributed by atoms with E-state index in [0.29, 0.717) is 22.3 Å². The normalized spacial score (nSPS) is 25.2. The van der Waals surface area contributed by atoms with Crippen LogP contribution in [0, 0.1) is 11.3 Å². The van der Waals surface area contributed by atoms with Gasteiger partial charge in [-0.2, -0.15) is 0 Å². The molecule has 1 saturated carbocycles. The van der Waals surface area contributed by atoms with Crippen LogP contribution in [0.15, 0.2) is 29.2 Å². The maximum atomic E-state index is 12.2. The van der Waals surface area contributed by atoms with Crippen LogP contribution in [-0.2, 0) is 10.0 Å². The fraction of sp³-hybridized carbons (Fsp3) is 0.625. The van der Waals surface area contributed by atoms with Gasteiger partial charge in [0.05, 0.1) is 4.90 Å². The molecule has 1 aromatic carbocycles. The van der Waals surface area contributed by atoms with Crippen LogP contribution in [0.5, 0.6) is 0 Å². The molecule has 1 aromatic rings. The highest BCUT2D eigenvalue weighted by Crippen LogP contribution is 2.42. The SMILES string of the molecule is CC1CC(C)(C)CC1Nc1cccc(S(=O)(=O)N(C)C)c1. The second-order valence-electron chi connectivity index (χ2n) is 7.12. The zero-order valence-corrected chi connectivity index (χ0v) is 14.4. The topological polar surface area (TPSA) is 49.4 Å². The molecule has 0 radical (unpaired) electrons. The van der Waals surface area contributed by atoms with Crippen molar-refractivity contribution >= 4 is 15.7 Å². The van der Waals surface area contributed by atoms with E-state index in [1.807, 2.05) is 6.07 Å². The molecule has 4 nitrogen and oxygen atoms in total. The lowest BCUT2D eigenvalue weighted by Crippen LogP contribution is -2.24. The minimum Gasteiger partial charge on any atom is -0.382 e. The summed E-state index contributed by atoms with van der Waals surface area (Å²) >= 11 is 0. The van der Waals surface area contributed by atoms with Gasteiger partial charge in [0.1, 0.15) is 0 Å². The molecule has 0 saturated heterocycles. The van der Waals surface area contributed by atoms with Crippen LogP contribution in [0.2, 0.25) is 0 Å². The molecule has 0 amide bonds. The van der Waals surface area contributed by atoms with E-state index in [1.54, 1.807) is 32.3 Å². The van der Waals surface area contributed by atoms with Crippen molar-refractivity contribution in [3.63, 3.8) is 0 Å². The Bertz CT molecular complexity index is 608. The second kappa shape index (κ2) is 5.61. The number of benzene rings is 1.